The summed E-state index contributed by atoms with van der Waals surface area (Å²) in [5.74, 6) is 4.84. The zero-order valence-electron chi connectivity index (χ0n) is 9.34. The van der Waals surface area contributed by atoms with Crippen molar-refractivity contribution in [1.82, 2.24) is 15.0 Å². The molecule has 0 aliphatic carbocycles. The Labute approximate surface area is 99.2 Å². The SMILES string of the molecule is NNC(=O)Cc1ccc(Cn2ccnc2)cc1. The van der Waals surface area contributed by atoms with E-state index in [9.17, 15) is 4.79 Å². The smallest absolute Gasteiger partial charge is 0.238 e. The molecule has 2 aromatic rings. The van der Waals surface area contributed by atoms with Gasteiger partial charge in [0.15, 0.2) is 0 Å². The summed E-state index contributed by atoms with van der Waals surface area (Å²) in [6.45, 7) is 0.781. The molecule has 17 heavy (non-hydrogen) atoms. The molecule has 2 rings (SSSR count). The van der Waals surface area contributed by atoms with Crippen molar-refractivity contribution in [1.29, 1.82) is 0 Å². The van der Waals surface area contributed by atoms with Crippen molar-refractivity contribution in [2.45, 2.75) is 13.0 Å². The molecule has 1 amide bonds. The van der Waals surface area contributed by atoms with Crippen LogP contribution in [0.3, 0.4) is 0 Å². The Morgan fingerprint density at radius 2 is 2.00 bits per heavy atom. The molecule has 5 nitrogen and oxygen atoms in total. The maximum atomic E-state index is 11.1. The maximum Gasteiger partial charge on any atom is 0.238 e. The number of carbonyl (C=O) groups is 1. The largest absolute Gasteiger partial charge is 0.333 e. The molecule has 0 atom stereocenters. The Bertz CT molecular complexity index is 476. The van der Waals surface area contributed by atoms with E-state index >= 15 is 0 Å². The minimum atomic E-state index is -0.188. The number of benzene rings is 1. The van der Waals surface area contributed by atoms with Crippen LogP contribution in [0, 0.1) is 0 Å². The molecule has 5 heteroatoms. The molecular formula is C12H14N4O. The number of amides is 1. The molecule has 1 heterocycles. The quantitative estimate of drug-likeness (QED) is 0.455. The number of nitrogens with two attached hydrogens (primary N) is 1. The number of hydrogen-bond donors (Lipinski definition) is 2. The van der Waals surface area contributed by atoms with Crippen molar-refractivity contribution in [2.24, 2.45) is 5.84 Å². The minimum Gasteiger partial charge on any atom is -0.333 e. The van der Waals surface area contributed by atoms with Gasteiger partial charge in [0.2, 0.25) is 5.91 Å². The van der Waals surface area contributed by atoms with Gasteiger partial charge in [0.05, 0.1) is 12.7 Å². The van der Waals surface area contributed by atoms with Gasteiger partial charge in [0.25, 0.3) is 0 Å². The number of imidazole rings is 1. The predicted octanol–water partition coefficient (Wildman–Crippen LogP) is 0.464. The van der Waals surface area contributed by atoms with Crippen LogP contribution in [0.4, 0.5) is 0 Å². The van der Waals surface area contributed by atoms with E-state index in [2.05, 4.69) is 10.4 Å². The normalized spacial score (nSPS) is 10.2. The summed E-state index contributed by atoms with van der Waals surface area (Å²) >= 11 is 0. The molecule has 88 valence electrons. The molecule has 0 aliphatic heterocycles. The Kier molecular flexibility index (Phi) is 3.52. The van der Waals surface area contributed by atoms with Crippen molar-refractivity contribution in [3.05, 3.63) is 54.1 Å². The fourth-order valence-corrected chi connectivity index (χ4v) is 1.59. The van der Waals surface area contributed by atoms with Gasteiger partial charge in [-0.25, -0.2) is 10.8 Å². The van der Waals surface area contributed by atoms with Crippen molar-refractivity contribution in [3.63, 3.8) is 0 Å². The van der Waals surface area contributed by atoms with Gasteiger partial charge in [-0.1, -0.05) is 24.3 Å². The molecule has 0 aliphatic rings. The van der Waals surface area contributed by atoms with Crippen LogP contribution < -0.4 is 11.3 Å². The molecule has 1 aromatic heterocycles. The number of carbonyl (C=O) groups excluding carboxylic acids is 1. The van der Waals surface area contributed by atoms with Crippen molar-refractivity contribution >= 4 is 5.91 Å². The highest BCUT2D eigenvalue weighted by atomic mass is 16.2. The van der Waals surface area contributed by atoms with Crippen LogP contribution in [0.2, 0.25) is 0 Å². The second-order valence-electron chi connectivity index (χ2n) is 3.80. The first-order valence-corrected chi connectivity index (χ1v) is 5.31. The van der Waals surface area contributed by atoms with Gasteiger partial charge in [-0.05, 0) is 11.1 Å². The molecule has 0 radical (unpaired) electrons. The molecule has 0 bridgehead atoms. The molecule has 0 saturated carbocycles. The lowest BCUT2D eigenvalue weighted by Crippen LogP contribution is -2.31. The van der Waals surface area contributed by atoms with Gasteiger partial charge in [-0.3, -0.25) is 10.2 Å². The van der Waals surface area contributed by atoms with E-state index in [1.165, 1.54) is 5.56 Å². The lowest BCUT2D eigenvalue weighted by molar-refractivity contribution is -0.120. The molecule has 1 aromatic carbocycles. The summed E-state index contributed by atoms with van der Waals surface area (Å²) in [7, 11) is 0. The van der Waals surface area contributed by atoms with Gasteiger partial charge >= 0.3 is 0 Å². The number of rotatable bonds is 4. The fraction of sp³-hybridized carbons (Fsp3) is 0.167. The van der Waals surface area contributed by atoms with Crippen LogP contribution in [0.1, 0.15) is 11.1 Å². The summed E-state index contributed by atoms with van der Waals surface area (Å²) in [5, 5.41) is 0. The molecular weight excluding hydrogens is 216 g/mol. The average molecular weight is 230 g/mol. The van der Waals surface area contributed by atoms with E-state index in [1.807, 2.05) is 35.0 Å². The third-order valence-corrected chi connectivity index (χ3v) is 2.47. The van der Waals surface area contributed by atoms with E-state index in [4.69, 9.17) is 5.84 Å². The van der Waals surface area contributed by atoms with Crippen LogP contribution in [0.25, 0.3) is 0 Å². The molecule has 0 unspecified atom stereocenters. The Hall–Kier alpha value is -2.14. The number of nitrogens with one attached hydrogen (secondary N) is 1. The summed E-state index contributed by atoms with van der Waals surface area (Å²) in [5.41, 5.74) is 4.23. The lowest BCUT2D eigenvalue weighted by atomic mass is 10.1. The second kappa shape index (κ2) is 5.27. The molecule has 0 saturated heterocycles. The second-order valence-corrected chi connectivity index (χ2v) is 3.80. The first kappa shape index (κ1) is 11.3. The number of nitrogens with zero attached hydrogens (tertiary/aromatic N) is 2. The standard InChI is InChI=1S/C12H14N4O/c13-15-12(17)7-10-1-3-11(4-2-10)8-16-6-5-14-9-16/h1-6,9H,7-8,13H2,(H,15,17). The third kappa shape index (κ3) is 3.15. The highest BCUT2D eigenvalue weighted by Crippen LogP contribution is 2.07. The third-order valence-electron chi connectivity index (χ3n) is 2.47. The van der Waals surface area contributed by atoms with Crippen LogP contribution in [0.5, 0.6) is 0 Å². The average Bonchev–Trinajstić information content (AvgIpc) is 2.84. The molecule has 0 fully saturated rings. The van der Waals surface area contributed by atoms with Gasteiger partial charge in [0.1, 0.15) is 0 Å². The lowest BCUT2D eigenvalue weighted by Gasteiger charge is -2.04. The number of aromatic nitrogens is 2. The summed E-state index contributed by atoms with van der Waals surface area (Å²) < 4.78 is 1.99. The fourth-order valence-electron chi connectivity index (χ4n) is 1.59. The van der Waals surface area contributed by atoms with Crippen molar-refractivity contribution in [3.8, 4) is 0 Å². The number of hydrogen-bond acceptors (Lipinski definition) is 3. The highest BCUT2D eigenvalue weighted by Gasteiger charge is 2.01. The zero-order valence-corrected chi connectivity index (χ0v) is 9.34. The van der Waals surface area contributed by atoms with Crippen LogP contribution in [0.15, 0.2) is 43.0 Å². The first-order chi connectivity index (χ1) is 8.28. The van der Waals surface area contributed by atoms with Crippen molar-refractivity contribution in [2.75, 3.05) is 0 Å². The zero-order chi connectivity index (χ0) is 12.1. The summed E-state index contributed by atoms with van der Waals surface area (Å²) in [6, 6.07) is 7.86. The first-order valence-electron chi connectivity index (χ1n) is 5.31. The van der Waals surface area contributed by atoms with E-state index in [-0.39, 0.29) is 5.91 Å². The van der Waals surface area contributed by atoms with Crippen LogP contribution >= 0.6 is 0 Å². The van der Waals surface area contributed by atoms with E-state index < -0.39 is 0 Å². The highest BCUT2D eigenvalue weighted by molar-refractivity contribution is 5.77. The Balaban J connectivity index is 2.00. The summed E-state index contributed by atoms with van der Waals surface area (Å²) in [4.78, 5) is 15.1. The monoisotopic (exact) mass is 230 g/mol. The number of hydrazine groups is 1. The van der Waals surface area contributed by atoms with Gasteiger partial charge < -0.3 is 4.57 Å². The van der Waals surface area contributed by atoms with E-state index in [0.29, 0.717) is 6.42 Å². The minimum absolute atomic E-state index is 0.188. The van der Waals surface area contributed by atoms with Gasteiger partial charge in [-0.2, -0.15) is 0 Å². The maximum absolute atomic E-state index is 11.1. The Morgan fingerprint density at radius 1 is 1.29 bits per heavy atom. The van der Waals surface area contributed by atoms with Crippen molar-refractivity contribution < 1.29 is 4.79 Å². The summed E-state index contributed by atoms with van der Waals surface area (Å²) in [6.07, 6.45) is 5.74. The van der Waals surface area contributed by atoms with E-state index in [0.717, 1.165) is 12.1 Å². The topological polar surface area (TPSA) is 72.9 Å². The molecule has 3 N–H and O–H groups in total. The van der Waals surface area contributed by atoms with Gasteiger partial charge in [-0.15, -0.1) is 0 Å². The Morgan fingerprint density at radius 3 is 2.59 bits per heavy atom. The molecule has 0 spiro atoms. The van der Waals surface area contributed by atoms with Crippen LogP contribution in [-0.4, -0.2) is 15.5 Å². The van der Waals surface area contributed by atoms with Crippen LogP contribution in [-0.2, 0) is 17.8 Å². The van der Waals surface area contributed by atoms with Gasteiger partial charge in [0, 0.05) is 18.9 Å². The predicted molar refractivity (Wildman–Crippen MR) is 63.8 cm³/mol. The van der Waals surface area contributed by atoms with E-state index in [1.54, 1.807) is 12.5 Å².